The van der Waals surface area contributed by atoms with E-state index in [9.17, 15) is 29.8 Å². The first-order chi connectivity index (χ1) is 21.1. The number of benzene rings is 2. The van der Waals surface area contributed by atoms with Crippen LogP contribution in [0.3, 0.4) is 0 Å². The van der Waals surface area contributed by atoms with E-state index in [1.807, 2.05) is 0 Å². The molecule has 2 aromatic carbocycles. The van der Waals surface area contributed by atoms with Gasteiger partial charge < -0.3 is 26.6 Å². The van der Waals surface area contributed by atoms with Gasteiger partial charge in [-0.05, 0) is 49.4 Å². The Morgan fingerprint density at radius 1 is 0.756 bits per heavy atom. The van der Waals surface area contributed by atoms with Gasteiger partial charge in [0.2, 0.25) is 0 Å². The molecular weight excluding hydrogens is 657 g/mol. The highest BCUT2D eigenvalue weighted by molar-refractivity contribution is 7.91. The molecule has 0 aliphatic heterocycles. The van der Waals surface area contributed by atoms with E-state index in [2.05, 4.69) is 36.1 Å². The molecule has 0 amide bonds. The van der Waals surface area contributed by atoms with E-state index < -0.39 is 47.3 Å². The van der Waals surface area contributed by atoms with Crippen LogP contribution in [-0.4, -0.2) is 87.4 Å². The highest BCUT2D eigenvalue weighted by Crippen LogP contribution is 2.38. The summed E-state index contributed by atoms with van der Waals surface area (Å²) < 4.78 is 89.8. The van der Waals surface area contributed by atoms with Crippen LogP contribution in [0.5, 0.6) is 0 Å². The number of nitrogens with one attached hydrogen (secondary N) is 2. The lowest BCUT2D eigenvalue weighted by molar-refractivity contribution is 0.311. The van der Waals surface area contributed by atoms with Crippen molar-refractivity contribution in [3.63, 3.8) is 0 Å². The molecule has 18 nitrogen and oxygen atoms in total. The van der Waals surface area contributed by atoms with Crippen LogP contribution < -0.4 is 16.4 Å². The van der Waals surface area contributed by atoms with Crippen molar-refractivity contribution in [1.82, 2.24) is 4.98 Å². The SMILES string of the molecule is Cc1c(N)c(NCCO)nc(NCCS(=O)(=O)CCO)c1N=Nc1ccc(N=Nc2ccc(S(=O)(=O)O)cc2)cc1S(=O)(=O)O. The first kappa shape index (κ1) is 35.4. The highest BCUT2D eigenvalue weighted by atomic mass is 32.2. The van der Waals surface area contributed by atoms with Gasteiger partial charge in [-0.25, -0.2) is 13.4 Å². The fourth-order valence-electron chi connectivity index (χ4n) is 3.59. The summed E-state index contributed by atoms with van der Waals surface area (Å²) in [5.41, 5.74) is 6.43. The minimum absolute atomic E-state index is 0.0139. The predicted molar refractivity (Wildman–Crippen MR) is 164 cm³/mol. The number of nitrogens with zero attached hydrogens (tertiary/aromatic N) is 5. The second kappa shape index (κ2) is 14.8. The molecule has 45 heavy (non-hydrogen) atoms. The molecule has 21 heteroatoms. The van der Waals surface area contributed by atoms with E-state index in [0.29, 0.717) is 5.56 Å². The zero-order chi connectivity index (χ0) is 33.4. The van der Waals surface area contributed by atoms with Crippen molar-refractivity contribution in [2.24, 2.45) is 20.5 Å². The van der Waals surface area contributed by atoms with Crippen molar-refractivity contribution in [3.05, 3.63) is 48.0 Å². The number of sulfone groups is 1. The Kier molecular flexibility index (Phi) is 11.6. The van der Waals surface area contributed by atoms with E-state index in [1.165, 1.54) is 24.3 Å². The number of aliphatic hydroxyl groups is 2. The van der Waals surface area contributed by atoms with Crippen LogP contribution >= 0.6 is 0 Å². The van der Waals surface area contributed by atoms with Crippen LogP contribution in [0.4, 0.5) is 40.1 Å². The van der Waals surface area contributed by atoms with Crippen LogP contribution in [0.2, 0.25) is 0 Å². The van der Waals surface area contributed by atoms with Gasteiger partial charge in [0.05, 0.1) is 46.7 Å². The van der Waals surface area contributed by atoms with Gasteiger partial charge in [0, 0.05) is 18.7 Å². The molecule has 8 N–H and O–H groups in total. The third kappa shape index (κ3) is 9.94. The number of nitrogens with two attached hydrogens (primary N) is 1. The van der Waals surface area contributed by atoms with E-state index in [1.54, 1.807) is 6.92 Å². The van der Waals surface area contributed by atoms with Gasteiger partial charge in [-0.1, -0.05) is 0 Å². The number of azo groups is 2. The molecule has 3 rings (SSSR count). The molecule has 0 atom stereocenters. The van der Waals surface area contributed by atoms with Crippen LogP contribution in [0.15, 0.2) is 72.7 Å². The third-order valence-corrected chi connectivity index (χ3v) is 9.25. The molecule has 0 spiro atoms. The van der Waals surface area contributed by atoms with Crippen LogP contribution in [0.1, 0.15) is 5.56 Å². The highest BCUT2D eigenvalue weighted by Gasteiger charge is 2.20. The van der Waals surface area contributed by atoms with E-state index in [-0.39, 0.29) is 70.4 Å². The maximum Gasteiger partial charge on any atom is 0.296 e. The number of aliphatic hydroxyl groups excluding tert-OH is 2. The standard InChI is InChI=1S/C24H30N8O10S3/c1-15-21(25)23(26-8-10-33)28-24(27-9-12-43(35,36)13-11-34)22(15)32-31-19-7-4-17(14-20(19)45(40,41)42)30-29-16-2-5-18(6-3-16)44(37,38)39/h2-7,14,33-34H,8-13,25H2,1H3,(H2,26,27,28)(H,37,38,39)(H,40,41,42). The van der Waals surface area contributed by atoms with Gasteiger partial charge in [-0.3, -0.25) is 9.11 Å². The zero-order valence-electron chi connectivity index (χ0n) is 23.6. The van der Waals surface area contributed by atoms with Crippen molar-refractivity contribution >= 4 is 70.1 Å². The van der Waals surface area contributed by atoms with Crippen LogP contribution in [0, 0.1) is 6.92 Å². The number of nitrogen functional groups attached to an aromatic ring is 1. The molecule has 0 unspecified atom stereocenters. The van der Waals surface area contributed by atoms with Crippen molar-refractivity contribution in [2.45, 2.75) is 16.7 Å². The van der Waals surface area contributed by atoms with Crippen molar-refractivity contribution in [2.75, 3.05) is 54.2 Å². The third-order valence-electron chi connectivity index (χ3n) is 5.87. The summed E-state index contributed by atoms with van der Waals surface area (Å²) in [5, 5.41) is 39.6. The molecule has 0 fully saturated rings. The summed E-state index contributed by atoms with van der Waals surface area (Å²) >= 11 is 0. The molecule has 1 aromatic heterocycles. The second-order valence-electron chi connectivity index (χ2n) is 9.14. The average Bonchev–Trinajstić information content (AvgIpc) is 2.96. The van der Waals surface area contributed by atoms with Crippen molar-refractivity contribution in [3.8, 4) is 0 Å². The summed E-state index contributed by atoms with van der Waals surface area (Å²) in [6.45, 7) is 0.724. The lowest BCUT2D eigenvalue weighted by Gasteiger charge is -2.16. The van der Waals surface area contributed by atoms with Gasteiger partial charge >= 0.3 is 0 Å². The van der Waals surface area contributed by atoms with Crippen molar-refractivity contribution < 1.29 is 44.6 Å². The van der Waals surface area contributed by atoms with Gasteiger partial charge in [0.15, 0.2) is 21.5 Å². The normalized spacial score (nSPS) is 12.6. The maximum absolute atomic E-state index is 12.2. The quantitative estimate of drug-likeness (QED) is 0.0893. The van der Waals surface area contributed by atoms with E-state index in [4.69, 9.17) is 20.5 Å². The summed E-state index contributed by atoms with van der Waals surface area (Å²) in [7, 11) is -12.9. The Hall–Kier alpha value is -4.12. The van der Waals surface area contributed by atoms with Gasteiger partial charge in [-0.15, -0.1) is 10.2 Å². The van der Waals surface area contributed by atoms with E-state index >= 15 is 0 Å². The zero-order valence-corrected chi connectivity index (χ0v) is 26.0. The predicted octanol–water partition coefficient (Wildman–Crippen LogP) is 2.52. The molecule has 0 aliphatic rings. The molecule has 0 saturated heterocycles. The fourth-order valence-corrected chi connectivity index (χ4v) is 5.61. The molecule has 0 saturated carbocycles. The molecule has 244 valence electrons. The summed E-state index contributed by atoms with van der Waals surface area (Å²) in [5.74, 6) is -0.624. The van der Waals surface area contributed by atoms with Gasteiger partial charge in [-0.2, -0.15) is 27.1 Å². The average molecular weight is 687 g/mol. The Morgan fingerprint density at radius 3 is 1.98 bits per heavy atom. The lowest BCUT2D eigenvalue weighted by atomic mass is 10.2. The smallest absolute Gasteiger partial charge is 0.296 e. The number of hydrogen-bond donors (Lipinski definition) is 7. The maximum atomic E-state index is 12.2. The first-order valence-corrected chi connectivity index (χ1v) is 17.5. The van der Waals surface area contributed by atoms with Crippen molar-refractivity contribution in [1.29, 1.82) is 0 Å². The largest absolute Gasteiger partial charge is 0.395 e. The van der Waals surface area contributed by atoms with Gasteiger partial charge in [0.25, 0.3) is 20.2 Å². The van der Waals surface area contributed by atoms with Crippen LogP contribution in [0.25, 0.3) is 0 Å². The number of aromatic nitrogens is 1. The lowest BCUT2D eigenvalue weighted by Crippen LogP contribution is -2.21. The Balaban J connectivity index is 1.99. The fraction of sp³-hybridized carbons (Fsp3) is 0.292. The minimum atomic E-state index is -4.87. The molecule has 0 aliphatic carbocycles. The minimum Gasteiger partial charge on any atom is -0.395 e. The molecule has 0 bridgehead atoms. The Morgan fingerprint density at radius 2 is 1.38 bits per heavy atom. The number of anilines is 3. The summed E-state index contributed by atoms with van der Waals surface area (Å²) in [6.07, 6.45) is 0. The Bertz CT molecular complexity index is 1920. The Labute approximate surface area is 258 Å². The molecule has 3 aromatic rings. The topological polar surface area (TPSA) is 296 Å². The molecular formula is C24H30N8O10S3. The summed E-state index contributed by atoms with van der Waals surface area (Å²) in [6, 6.07) is 8.14. The van der Waals surface area contributed by atoms with Crippen LogP contribution in [-0.2, 0) is 30.1 Å². The number of rotatable bonds is 15. The monoisotopic (exact) mass is 686 g/mol. The first-order valence-electron chi connectivity index (χ1n) is 12.8. The molecule has 1 heterocycles. The summed E-state index contributed by atoms with van der Waals surface area (Å²) in [4.78, 5) is 3.26. The van der Waals surface area contributed by atoms with Gasteiger partial charge in [0.1, 0.15) is 16.3 Å². The van der Waals surface area contributed by atoms with E-state index in [0.717, 1.165) is 18.2 Å². The molecule has 0 radical (unpaired) electrons. The number of pyridine rings is 1. The number of hydrogen-bond acceptors (Lipinski definition) is 16. The second-order valence-corrected chi connectivity index (χ2v) is 14.3.